The maximum Gasteiger partial charge on any atom is 0.269 e. The van der Waals surface area contributed by atoms with Gasteiger partial charge in [0.05, 0.1) is 21.0 Å². The fraction of sp³-hybridized carbons (Fsp3) is 0. The van der Waals surface area contributed by atoms with Crippen LogP contribution in [-0.4, -0.2) is 21.0 Å². The van der Waals surface area contributed by atoms with Gasteiger partial charge >= 0.3 is 0 Å². The van der Waals surface area contributed by atoms with Gasteiger partial charge in [0.1, 0.15) is 0 Å². The van der Waals surface area contributed by atoms with Crippen LogP contribution in [0.1, 0.15) is 5.56 Å². The Balaban J connectivity index is 1.63. The van der Waals surface area contributed by atoms with Crippen LogP contribution < -0.4 is 5.32 Å². The van der Waals surface area contributed by atoms with Gasteiger partial charge < -0.3 is 5.32 Å². The van der Waals surface area contributed by atoms with E-state index in [9.17, 15) is 14.9 Å². The standard InChI is InChI=1S/C19H11BrN4O3S/c20-14-7-8-15(17-13(14)2-1-9-21-17)22-19-23-18(25)16(28-19)10-11-3-5-12(6-4-11)24(26)27/h1-10H,(H,22,23,25)/b16-10-. The molecule has 1 saturated heterocycles. The Morgan fingerprint density at radius 2 is 1.96 bits per heavy atom. The molecule has 1 N–H and O–H groups in total. The summed E-state index contributed by atoms with van der Waals surface area (Å²) in [5, 5.41) is 14.9. The molecule has 0 radical (unpaired) electrons. The minimum atomic E-state index is -0.463. The van der Waals surface area contributed by atoms with E-state index in [0.717, 1.165) is 15.4 Å². The number of aromatic nitrogens is 1. The van der Waals surface area contributed by atoms with Gasteiger partial charge in [-0.05, 0) is 53.7 Å². The third kappa shape index (κ3) is 3.67. The lowest BCUT2D eigenvalue weighted by atomic mass is 10.2. The predicted octanol–water partition coefficient (Wildman–Crippen LogP) is 4.80. The first-order chi connectivity index (χ1) is 13.5. The Bertz CT molecular complexity index is 1180. The summed E-state index contributed by atoms with van der Waals surface area (Å²) in [7, 11) is 0. The summed E-state index contributed by atoms with van der Waals surface area (Å²) in [5.41, 5.74) is 2.08. The zero-order chi connectivity index (χ0) is 19.7. The Hall–Kier alpha value is -3.04. The zero-order valence-corrected chi connectivity index (χ0v) is 16.5. The van der Waals surface area contributed by atoms with Crippen LogP contribution in [-0.2, 0) is 4.79 Å². The highest BCUT2D eigenvalue weighted by molar-refractivity contribution is 9.10. The van der Waals surface area contributed by atoms with E-state index in [0.29, 0.717) is 21.3 Å². The number of carbonyl (C=O) groups excluding carboxylic acids is 1. The van der Waals surface area contributed by atoms with E-state index in [2.05, 4.69) is 31.2 Å². The SMILES string of the molecule is O=C1NC(=Nc2ccc(Br)c3cccnc23)S/C1=C\c1ccc([N+](=O)[O-])cc1. The molecule has 1 aliphatic rings. The number of thioether (sulfide) groups is 1. The van der Waals surface area contributed by atoms with Gasteiger partial charge in [-0.15, -0.1) is 0 Å². The monoisotopic (exact) mass is 454 g/mol. The molecule has 3 aromatic rings. The quantitative estimate of drug-likeness (QED) is 0.348. The molecular formula is C19H11BrN4O3S. The van der Waals surface area contributed by atoms with Crippen molar-refractivity contribution in [3.8, 4) is 0 Å². The van der Waals surface area contributed by atoms with Crippen molar-refractivity contribution in [3.05, 3.63) is 79.8 Å². The molecule has 28 heavy (non-hydrogen) atoms. The molecule has 0 saturated carbocycles. The predicted molar refractivity (Wildman–Crippen MR) is 113 cm³/mol. The molecule has 1 aliphatic heterocycles. The number of carbonyl (C=O) groups is 1. The largest absolute Gasteiger partial charge is 0.300 e. The number of non-ortho nitro benzene ring substituents is 1. The fourth-order valence-corrected chi connectivity index (χ4v) is 3.93. The number of hydrogen-bond acceptors (Lipinski definition) is 6. The summed E-state index contributed by atoms with van der Waals surface area (Å²) in [5.74, 6) is -0.267. The number of pyridine rings is 1. The first kappa shape index (κ1) is 18.3. The number of amides is 1. The van der Waals surface area contributed by atoms with Crippen LogP contribution >= 0.6 is 27.7 Å². The highest BCUT2D eigenvalue weighted by Crippen LogP contribution is 2.33. The number of nitro benzene ring substituents is 1. The molecule has 0 bridgehead atoms. The average molecular weight is 455 g/mol. The smallest absolute Gasteiger partial charge is 0.269 e. The van der Waals surface area contributed by atoms with E-state index in [1.165, 1.54) is 23.9 Å². The Labute approximate surface area is 171 Å². The fourth-order valence-electron chi connectivity index (χ4n) is 2.65. The summed E-state index contributed by atoms with van der Waals surface area (Å²) in [4.78, 5) is 31.9. The first-order valence-electron chi connectivity index (χ1n) is 8.08. The molecular weight excluding hydrogens is 444 g/mol. The van der Waals surface area contributed by atoms with Crippen molar-refractivity contribution >= 4 is 67.1 Å². The van der Waals surface area contributed by atoms with Crippen molar-refractivity contribution in [2.45, 2.75) is 0 Å². The van der Waals surface area contributed by atoms with Crippen LogP contribution in [0.2, 0.25) is 0 Å². The number of aliphatic imine (C=N–C) groups is 1. The van der Waals surface area contributed by atoms with Crippen molar-refractivity contribution in [2.75, 3.05) is 0 Å². The maximum absolute atomic E-state index is 12.3. The van der Waals surface area contributed by atoms with Gasteiger partial charge in [0.15, 0.2) is 5.17 Å². The molecule has 1 aromatic heterocycles. The number of halogens is 1. The van der Waals surface area contributed by atoms with E-state index in [-0.39, 0.29) is 11.6 Å². The third-order valence-electron chi connectivity index (χ3n) is 3.97. The Morgan fingerprint density at radius 3 is 2.71 bits per heavy atom. The van der Waals surface area contributed by atoms with Crippen molar-refractivity contribution in [1.82, 2.24) is 10.3 Å². The molecule has 1 amide bonds. The Kier molecular flexibility index (Phi) is 4.93. The molecule has 0 atom stereocenters. The summed E-state index contributed by atoms with van der Waals surface area (Å²) >= 11 is 4.71. The van der Waals surface area contributed by atoms with Gasteiger partial charge in [0.2, 0.25) is 0 Å². The molecule has 138 valence electrons. The van der Waals surface area contributed by atoms with Gasteiger partial charge in [-0.25, -0.2) is 4.99 Å². The number of fused-ring (bicyclic) bond motifs is 1. The summed E-state index contributed by atoms with van der Waals surface area (Å²) in [6, 6.07) is 13.5. The van der Waals surface area contributed by atoms with E-state index in [1.807, 2.05) is 24.3 Å². The molecule has 2 heterocycles. The van der Waals surface area contributed by atoms with Crippen LogP contribution in [0, 0.1) is 10.1 Å². The van der Waals surface area contributed by atoms with Crippen LogP contribution in [0.5, 0.6) is 0 Å². The second-order valence-corrected chi connectivity index (χ2v) is 7.68. The molecule has 0 aliphatic carbocycles. The number of amidine groups is 1. The second-order valence-electron chi connectivity index (χ2n) is 5.80. The van der Waals surface area contributed by atoms with Gasteiger partial charge in [-0.2, -0.15) is 0 Å². The van der Waals surface area contributed by atoms with E-state index >= 15 is 0 Å². The number of rotatable bonds is 3. The minimum Gasteiger partial charge on any atom is -0.300 e. The number of nitrogens with one attached hydrogen (secondary N) is 1. The number of nitrogens with zero attached hydrogens (tertiary/aromatic N) is 3. The minimum absolute atomic E-state index is 0.00236. The molecule has 1 fully saturated rings. The van der Waals surface area contributed by atoms with Gasteiger partial charge in [-0.1, -0.05) is 22.0 Å². The Morgan fingerprint density at radius 1 is 1.18 bits per heavy atom. The molecule has 4 rings (SSSR count). The first-order valence-corrected chi connectivity index (χ1v) is 9.69. The molecule has 0 spiro atoms. The summed E-state index contributed by atoms with van der Waals surface area (Å²) < 4.78 is 0.918. The van der Waals surface area contributed by atoms with Crippen LogP contribution in [0.3, 0.4) is 0 Å². The van der Waals surface area contributed by atoms with Crippen molar-refractivity contribution in [1.29, 1.82) is 0 Å². The maximum atomic E-state index is 12.3. The van der Waals surface area contributed by atoms with E-state index < -0.39 is 4.92 Å². The third-order valence-corrected chi connectivity index (χ3v) is 5.57. The highest BCUT2D eigenvalue weighted by Gasteiger charge is 2.24. The summed E-state index contributed by atoms with van der Waals surface area (Å²) in [6.45, 7) is 0. The van der Waals surface area contributed by atoms with Gasteiger partial charge in [-0.3, -0.25) is 19.9 Å². The molecule has 7 nitrogen and oxygen atoms in total. The van der Waals surface area contributed by atoms with Crippen molar-refractivity contribution < 1.29 is 9.72 Å². The van der Waals surface area contributed by atoms with Crippen molar-refractivity contribution in [2.24, 2.45) is 4.99 Å². The number of hydrogen-bond donors (Lipinski definition) is 1. The highest BCUT2D eigenvalue weighted by atomic mass is 79.9. The molecule has 9 heteroatoms. The lowest BCUT2D eigenvalue weighted by Gasteiger charge is -2.03. The lowest BCUT2D eigenvalue weighted by Crippen LogP contribution is -2.19. The van der Waals surface area contributed by atoms with Gasteiger partial charge in [0.25, 0.3) is 11.6 Å². The second kappa shape index (κ2) is 7.53. The number of nitro groups is 1. The average Bonchev–Trinajstić information content (AvgIpc) is 3.03. The van der Waals surface area contributed by atoms with E-state index in [4.69, 9.17) is 0 Å². The summed E-state index contributed by atoms with van der Waals surface area (Å²) in [6.07, 6.45) is 3.36. The van der Waals surface area contributed by atoms with Crippen LogP contribution in [0.4, 0.5) is 11.4 Å². The number of benzene rings is 2. The molecule has 0 unspecified atom stereocenters. The van der Waals surface area contributed by atoms with Crippen LogP contribution in [0.25, 0.3) is 17.0 Å². The molecule has 2 aromatic carbocycles. The zero-order valence-electron chi connectivity index (χ0n) is 14.1. The lowest BCUT2D eigenvalue weighted by molar-refractivity contribution is -0.384. The van der Waals surface area contributed by atoms with Crippen molar-refractivity contribution in [3.63, 3.8) is 0 Å². The van der Waals surface area contributed by atoms with Crippen LogP contribution in [0.15, 0.2) is 69.1 Å². The van der Waals surface area contributed by atoms with E-state index in [1.54, 1.807) is 24.4 Å². The normalized spacial score (nSPS) is 16.7. The topological polar surface area (TPSA) is 97.5 Å². The van der Waals surface area contributed by atoms with Gasteiger partial charge in [0, 0.05) is 28.2 Å².